The van der Waals surface area contributed by atoms with E-state index in [2.05, 4.69) is 15.3 Å². The number of nitrogens with zero attached hydrogens (tertiary/aromatic N) is 2. The molecule has 5 nitrogen and oxygen atoms in total. The van der Waals surface area contributed by atoms with E-state index in [1.807, 2.05) is 6.07 Å². The van der Waals surface area contributed by atoms with E-state index < -0.39 is 9.84 Å². The molecule has 0 bridgehead atoms. The molecule has 0 saturated heterocycles. The second kappa shape index (κ2) is 8.38. The van der Waals surface area contributed by atoms with Crippen LogP contribution in [0.4, 0.5) is 10.2 Å². The summed E-state index contributed by atoms with van der Waals surface area (Å²) in [6.07, 6.45) is 0. The Kier molecular flexibility index (Phi) is 5.65. The molecule has 30 heavy (non-hydrogen) atoms. The van der Waals surface area contributed by atoms with Gasteiger partial charge in [-0.2, -0.15) is 0 Å². The molecule has 0 amide bonds. The number of hydrogen-bond donors (Lipinski definition) is 1. The SMILES string of the molecule is O=S(=O)(Cc1ccc(Cl)cc1)c1nc2ccccc2nc1NCc1ccc(F)cc1. The maximum atomic E-state index is 13.2. The van der Waals surface area contributed by atoms with Crippen molar-refractivity contribution in [3.63, 3.8) is 0 Å². The summed E-state index contributed by atoms with van der Waals surface area (Å²) in [6, 6.07) is 19.6. The summed E-state index contributed by atoms with van der Waals surface area (Å²) in [6.45, 7) is 0.275. The monoisotopic (exact) mass is 441 g/mol. The highest BCUT2D eigenvalue weighted by Crippen LogP contribution is 2.25. The quantitative estimate of drug-likeness (QED) is 0.455. The predicted molar refractivity (Wildman–Crippen MR) is 116 cm³/mol. The Bertz CT molecular complexity index is 1290. The molecule has 0 unspecified atom stereocenters. The lowest BCUT2D eigenvalue weighted by Crippen LogP contribution is -2.13. The van der Waals surface area contributed by atoms with Crippen molar-refractivity contribution < 1.29 is 12.8 Å². The average molecular weight is 442 g/mol. The molecule has 0 aliphatic heterocycles. The van der Waals surface area contributed by atoms with E-state index >= 15 is 0 Å². The van der Waals surface area contributed by atoms with Gasteiger partial charge in [0.25, 0.3) is 0 Å². The number of hydrogen-bond acceptors (Lipinski definition) is 5. The lowest BCUT2D eigenvalue weighted by molar-refractivity contribution is 0.592. The third kappa shape index (κ3) is 4.58. The molecule has 0 aliphatic rings. The van der Waals surface area contributed by atoms with E-state index in [-0.39, 0.29) is 29.0 Å². The number of benzene rings is 3. The number of anilines is 1. The van der Waals surface area contributed by atoms with Crippen LogP contribution in [0.1, 0.15) is 11.1 Å². The molecule has 4 rings (SSSR count). The molecule has 0 radical (unpaired) electrons. The smallest absolute Gasteiger partial charge is 0.203 e. The summed E-state index contributed by atoms with van der Waals surface area (Å²) >= 11 is 5.89. The molecule has 0 fully saturated rings. The van der Waals surface area contributed by atoms with Crippen molar-refractivity contribution in [2.75, 3.05) is 5.32 Å². The minimum absolute atomic E-state index is 0.127. The molecule has 152 valence electrons. The summed E-state index contributed by atoms with van der Waals surface area (Å²) in [7, 11) is -3.80. The minimum atomic E-state index is -3.80. The second-order valence-corrected chi connectivity index (χ2v) is 9.07. The van der Waals surface area contributed by atoms with Gasteiger partial charge in [0.05, 0.1) is 16.8 Å². The third-order valence-corrected chi connectivity index (χ3v) is 6.32. The first-order valence-corrected chi connectivity index (χ1v) is 11.2. The topological polar surface area (TPSA) is 72.0 Å². The van der Waals surface area contributed by atoms with Gasteiger partial charge in [-0.05, 0) is 47.5 Å². The second-order valence-electron chi connectivity index (χ2n) is 6.73. The van der Waals surface area contributed by atoms with E-state index in [1.165, 1.54) is 12.1 Å². The van der Waals surface area contributed by atoms with Crippen LogP contribution in [0, 0.1) is 5.82 Å². The maximum absolute atomic E-state index is 13.2. The zero-order chi connectivity index (χ0) is 21.1. The van der Waals surface area contributed by atoms with Crippen molar-refractivity contribution in [2.24, 2.45) is 0 Å². The van der Waals surface area contributed by atoms with Gasteiger partial charge in [-0.1, -0.05) is 48.0 Å². The zero-order valence-corrected chi connectivity index (χ0v) is 17.3. The Labute approximate surface area is 178 Å². The van der Waals surface area contributed by atoms with Crippen molar-refractivity contribution >= 4 is 38.3 Å². The Hall–Kier alpha value is -3.03. The van der Waals surface area contributed by atoms with Gasteiger partial charge in [0, 0.05) is 11.6 Å². The maximum Gasteiger partial charge on any atom is 0.203 e. The van der Waals surface area contributed by atoms with Gasteiger partial charge < -0.3 is 5.32 Å². The number of sulfone groups is 1. The van der Waals surface area contributed by atoms with Crippen LogP contribution in [0.2, 0.25) is 5.02 Å². The molecular weight excluding hydrogens is 425 g/mol. The van der Waals surface area contributed by atoms with E-state index in [4.69, 9.17) is 11.6 Å². The number of rotatable bonds is 6. The first-order chi connectivity index (χ1) is 14.4. The van der Waals surface area contributed by atoms with E-state index in [0.717, 1.165) is 5.56 Å². The summed E-state index contributed by atoms with van der Waals surface area (Å²) in [5.74, 6) is -0.412. The fourth-order valence-electron chi connectivity index (χ4n) is 2.97. The largest absolute Gasteiger partial charge is 0.364 e. The van der Waals surface area contributed by atoms with Gasteiger partial charge in [-0.25, -0.2) is 22.8 Å². The molecular formula is C22H17ClFN3O2S. The summed E-state index contributed by atoms with van der Waals surface area (Å²) in [4.78, 5) is 8.87. The van der Waals surface area contributed by atoms with Gasteiger partial charge >= 0.3 is 0 Å². The van der Waals surface area contributed by atoms with Crippen molar-refractivity contribution in [3.8, 4) is 0 Å². The first kappa shape index (κ1) is 20.3. The minimum Gasteiger partial charge on any atom is -0.364 e. The standard InChI is InChI=1S/C22H17ClFN3O2S/c23-17-9-5-16(6-10-17)14-30(28,29)22-21(25-13-15-7-11-18(24)12-8-15)26-19-3-1-2-4-20(19)27-22/h1-12H,13-14H2,(H,25,26). The third-order valence-electron chi connectivity index (χ3n) is 4.48. The van der Waals surface area contributed by atoms with Gasteiger partial charge in [0.1, 0.15) is 5.82 Å². The van der Waals surface area contributed by atoms with Crippen molar-refractivity contribution in [1.82, 2.24) is 9.97 Å². The fourth-order valence-corrected chi connectivity index (χ4v) is 4.52. The lowest BCUT2D eigenvalue weighted by atomic mass is 10.2. The first-order valence-electron chi connectivity index (χ1n) is 9.13. The Morgan fingerprint density at radius 1 is 0.833 bits per heavy atom. The summed E-state index contributed by atoms with van der Waals surface area (Å²) < 4.78 is 39.5. The van der Waals surface area contributed by atoms with Crippen LogP contribution in [-0.2, 0) is 22.1 Å². The number of para-hydroxylation sites is 2. The van der Waals surface area contributed by atoms with Crippen LogP contribution in [0.25, 0.3) is 11.0 Å². The van der Waals surface area contributed by atoms with E-state index in [0.29, 0.717) is 21.6 Å². The number of aromatic nitrogens is 2. The molecule has 0 spiro atoms. The molecule has 0 aliphatic carbocycles. The Morgan fingerprint density at radius 3 is 2.10 bits per heavy atom. The predicted octanol–water partition coefficient (Wildman–Crippen LogP) is 5.01. The highest BCUT2D eigenvalue weighted by Gasteiger charge is 2.23. The Morgan fingerprint density at radius 2 is 1.43 bits per heavy atom. The van der Waals surface area contributed by atoms with Gasteiger partial charge in [-0.15, -0.1) is 0 Å². The van der Waals surface area contributed by atoms with Crippen LogP contribution in [-0.4, -0.2) is 18.4 Å². The van der Waals surface area contributed by atoms with E-state index in [1.54, 1.807) is 54.6 Å². The molecule has 1 aromatic heterocycles. The van der Waals surface area contributed by atoms with Gasteiger partial charge in [0.15, 0.2) is 10.8 Å². The molecule has 0 saturated carbocycles. The van der Waals surface area contributed by atoms with E-state index in [9.17, 15) is 12.8 Å². The summed E-state index contributed by atoms with van der Waals surface area (Å²) in [5, 5.41) is 3.45. The highest BCUT2D eigenvalue weighted by molar-refractivity contribution is 7.90. The molecule has 8 heteroatoms. The molecule has 3 aromatic carbocycles. The van der Waals surface area contributed by atoms with Crippen molar-refractivity contribution in [1.29, 1.82) is 0 Å². The fraction of sp³-hybridized carbons (Fsp3) is 0.0909. The number of nitrogens with one attached hydrogen (secondary N) is 1. The molecule has 4 aromatic rings. The molecule has 1 heterocycles. The van der Waals surface area contributed by atoms with Crippen LogP contribution < -0.4 is 5.32 Å². The van der Waals surface area contributed by atoms with Gasteiger partial charge in [-0.3, -0.25) is 0 Å². The summed E-state index contributed by atoms with van der Waals surface area (Å²) in [5.41, 5.74) is 2.44. The average Bonchev–Trinajstić information content (AvgIpc) is 2.74. The van der Waals surface area contributed by atoms with Crippen molar-refractivity contribution in [3.05, 3.63) is 94.8 Å². The van der Waals surface area contributed by atoms with Crippen molar-refractivity contribution in [2.45, 2.75) is 17.3 Å². The zero-order valence-electron chi connectivity index (χ0n) is 15.7. The number of halogens is 2. The molecule has 1 N–H and O–H groups in total. The molecule has 0 atom stereocenters. The van der Waals surface area contributed by atoms with Crippen LogP contribution in [0.5, 0.6) is 0 Å². The lowest BCUT2D eigenvalue weighted by Gasteiger charge is -2.13. The van der Waals surface area contributed by atoms with Gasteiger partial charge in [0.2, 0.25) is 9.84 Å². The van der Waals surface area contributed by atoms with Crippen LogP contribution >= 0.6 is 11.6 Å². The normalized spacial score (nSPS) is 11.5. The Balaban J connectivity index is 1.71. The highest BCUT2D eigenvalue weighted by atomic mass is 35.5. The number of fused-ring (bicyclic) bond motifs is 1. The van der Waals surface area contributed by atoms with Crippen LogP contribution in [0.15, 0.2) is 77.8 Å². The van der Waals surface area contributed by atoms with Crippen LogP contribution in [0.3, 0.4) is 0 Å².